The monoisotopic (exact) mass is 334 g/mol. The number of primary amides is 1. The molecular formula is C15H18N4O3S. The van der Waals surface area contributed by atoms with E-state index in [1.54, 1.807) is 6.26 Å². The van der Waals surface area contributed by atoms with E-state index < -0.39 is 16.7 Å². The second kappa shape index (κ2) is 6.59. The van der Waals surface area contributed by atoms with E-state index in [0.717, 1.165) is 36.4 Å². The number of amides is 1. The average molecular weight is 334 g/mol. The van der Waals surface area contributed by atoms with Gasteiger partial charge in [0.1, 0.15) is 0 Å². The van der Waals surface area contributed by atoms with Crippen LogP contribution in [0.4, 0.5) is 0 Å². The summed E-state index contributed by atoms with van der Waals surface area (Å²) in [6.07, 6.45) is 3.59. The molecule has 0 spiro atoms. The Morgan fingerprint density at radius 3 is 2.78 bits per heavy atom. The number of benzene rings is 1. The summed E-state index contributed by atoms with van der Waals surface area (Å²) in [5.41, 5.74) is 6.29. The summed E-state index contributed by atoms with van der Waals surface area (Å²) >= 11 is 0. The van der Waals surface area contributed by atoms with Crippen LogP contribution in [0.15, 0.2) is 33.7 Å². The van der Waals surface area contributed by atoms with Crippen LogP contribution in [0.2, 0.25) is 0 Å². The van der Waals surface area contributed by atoms with Crippen LogP contribution < -0.4 is 5.73 Å². The van der Waals surface area contributed by atoms with Gasteiger partial charge in [-0.2, -0.15) is 4.98 Å². The fourth-order valence-corrected chi connectivity index (χ4v) is 3.31. The van der Waals surface area contributed by atoms with Gasteiger partial charge >= 0.3 is 0 Å². The van der Waals surface area contributed by atoms with Gasteiger partial charge in [-0.25, -0.2) is 0 Å². The second-order valence-corrected chi connectivity index (χ2v) is 6.93. The molecule has 8 heteroatoms. The van der Waals surface area contributed by atoms with Crippen LogP contribution in [0, 0.1) is 0 Å². The van der Waals surface area contributed by atoms with E-state index in [-0.39, 0.29) is 11.9 Å². The summed E-state index contributed by atoms with van der Waals surface area (Å²) in [6.45, 7) is 1.65. The Morgan fingerprint density at radius 1 is 1.43 bits per heavy atom. The van der Waals surface area contributed by atoms with E-state index in [0.29, 0.717) is 5.89 Å². The van der Waals surface area contributed by atoms with E-state index in [1.165, 1.54) is 0 Å². The van der Waals surface area contributed by atoms with Crippen molar-refractivity contribution in [2.45, 2.75) is 30.3 Å². The molecule has 1 aliphatic rings. The fourth-order valence-electron chi connectivity index (χ4n) is 2.79. The van der Waals surface area contributed by atoms with Gasteiger partial charge in [-0.15, -0.1) is 0 Å². The van der Waals surface area contributed by atoms with Crippen molar-refractivity contribution in [2.24, 2.45) is 5.73 Å². The summed E-state index contributed by atoms with van der Waals surface area (Å²) in [7, 11) is -0.970. The van der Waals surface area contributed by atoms with E-state index in [2.05, 4.69) is 15.0 Å². The van der Waals surface area contributed by atoms with E-state index >= 15 is 0 Å². The Balaban J connectivity index is 1.73. The van der Waals surface area contributed by atoms with Crippen molar-refractivity contribution in [3.8, 4) is 0 Å². The number of aromatic nitrogens is 2. The number of hydrogen-bond donors (Lipinski definition) is 1. The van der Waals surface area contributed by atoms with Gasteiger partial charge in [-0.1, -0.05) is 17.3 Å². The number of nitrogens with two attached hydrogens (primary N) is 1. The molecule has 1 saturated heterocycles. The quantitative estimate of drug-likeness (QED) is 0.882. The van der Waals surface area contributed by atoms with Gasteiger partial charge < -0.3 is 10.3 Å². The van der Waals surface area contributed by atoms with Crippen LogP contribution in [0.25, 0.3) is 0 Å². The summed E-state index contributed by atoms with van der Waals surface area (Å²) < 4.78 is 16.6. The van der Waals surface area contributed by atoms with E-state index in [9.17, 15) is 9.00 Å². The Bertz CT molecular complexity index is 729. The molecule has 0 aliphatic carbocycles. The summed E-state index contributed by atoms with van der Waals surface area (Å²) in [5.74, 6) is -0.336. The van der Waals surface area contributed by atoms with Crippen molar-refractivity contribution in [3.63, 3.8) is 0 Å². The first-order valence-electron chi connectivity index (χ1n) is 7.34. The molecule has 1 aromatic heterocycles. The Hall–Kier alpha value is -2.06. The summed E-state index contributed by atoms with van der Waals surface area (Å²) in [6, 6.07) is 7.72. The van der Waals surface area contributed by atoms with Crippen LogP contribution in [0.1, 0.15) is 41.0 Å². The third-order valence-electron chi connectivity index (χ3n) is 3.95. The topological polar surface area (TPSA) is 102 Å². The molecule has 1 aliphatic heterocycles. The lowest BCUT2D eigenvalue weighted by Gasteiger charge is -2.21. The van der Waals surface area contributed by atoms with Crippen molar-refractivity contribution in [1.82, 2.24) is 15.0 Å². The number of carbonyl (C=O) groups excluding carboxylic acids is 1. The molecule has 1 aromatic carbocycles. The van der Waals surface area contributed by atoms with Gasteiger partial charge in [0.05, 0.1) is 6.04 Å². The lowest BCUT2D eigenvalue weighted by atomic mass is 10.2. The Labute approximate surface area is 136 Å². The molecule has 3 rings (SSSR count). The van der Waals surface area contributed by atoms with Crippen LogP contribution >= 0.6 is 0 Å². The average Bonchev–Trinajstić information content (AvgIpc) is 3.16. The van der Waals surface area contributed by atoms with Crippen LogP contribution in [0.3, 0.4) is 0 Å². The Kier molecular flexibility index (Phi) is 4.53. The van der Waals surface area contributed by atoms with Crippen LogP contribution in [-0.4, -0.2) is 38.0 Å². The minimum Gasteiger partial charge on any atom is -0.363 e. The molecule has 2 aromatic rings. The third kappa shape index (κ3) is 3.48. The number of carbonyl (C=O) groups is 1. The van der Waals surface area contributed by atoms with E-state index in [4.69, 9.17) is 10.3 Å². The van der Waals surface area contributed by atoms with E-state index in [1.807, 2.05) is 24.3 Å². The standard InChI is InChI=1S/C15H18N4O3S/c1-23(21)11-6-4-10(5-7-11)9-19-8-2-3-12(19)15-17-14(13(16)20)18-22-15/h4-7,12H,2-3,8-9H2,1H3,(H2,16,20)/t12-,23+/m0/s1. The van der Waals surface area contributed by atoms with Gasteiger partial charge in [0.2, 0.25) is 5.89 Å². The smallest absolute Gasteiger partial charge is 0.290 e. The molecule has 0 radical (unpaired) electrons. The highest BCUT2D eigenvalue weighted by molar-refractivity contribution is 7.84. The molecule has 0 saturated carbocycles. The lowest BCUT2D eigenvalue weighted by Crippen LogP contribution is -2.23. The molecular weight excluding hydrogens is 316 g/mol. The van der Waals surface area contributed by atoms with Crippen molar-refractivity contribution in [3.05, 3.63) is 41.5 Å². The molecule has 2 heterocycles. The predicted octanol–water partition coefficient (Wildman–Crippen LogP) is 1.24. The molecule has 0 bridgehead atoms. The van der Waals surface area contributed by atoms with Crippen molar-refractivity contribution in [2.75, 3.05) is 12.8 Å². The maximum atomic E-state index is 11.4. The third-order valence-corrected chi connectivity index (χ3v) is 4.89. The molecule has 2 N–H and O–H groups in total. The molecule has 7 nitrogen and oxygen atoms in total. The number of likely N-dealkylation sites (tertiary alicyclic amines) is 1. The fraction of sp³-hybridized carbons (Fsp3) is 0.400. The zero-order valence-electron chi connectivity index (χ0n) is 12.8. The molecule has 1 fully saturated rings. The lowest BCUT2D eigenvalue weighted by molar-refractivity contribution is 0.0987. The van der Waals surface area contributed by atoms with Gasteiger partial charge in [0.25, 0.3) is 11.7 Å². The molecule has 2 atom stereocenters. The largest absolute Gasteiger partial charge is 0.363 e. The van der Waals surface area contributed by atoms with Gasteiger partial charge in [-0.05, 0) is 37.1 Å². The van der Waals surface area contributed by atoms with Gasteiger partial charge in [0.15, 0.2) is 0 Å². The maximum Gasteiger partial charge on any atom is 0.290 e. The minimum atomic E-state index is -0.970. The predicted molar refractivity (Wildman–Crippen MR) is 84.0 cm³/mol. The first-order valence-corrected chi connectivity index (χ1v) is 8.90. The summed E-state index contributed by atoms with van der Waals surface area (Å²) in [4.78, 5) is 18.2. The zero-order valence-corrected chi connectivity index (χ0v) is 13.6. The van der Waals surface area contributed by atoms with Crippen LogP contribution in [0.5, 0.6) is 0 Å². The highest BCUT2D eigenvalue weighted by Gasteiger charge is 2.31. The van der Waals surface area contributed by atoms with Crippen LogP contribution in [-0.2, 0) is 17.3 Å². The minimum absolute atomic E-state index is 0.00409. The highest BCUT2D eigenvalue weighted by atomic mass is 32.2. The summed E-state index contributed by atoms with van der Waals surface area (Å²) in [5, 5.41) is 3.61. The van der Waals surface area contributed by atoms with Crippen molar-refractivity contribution >= 4 is 16.7 Å². The first-order chi connectivity index (χ1) is 11.0. The maximum absolute atomic E-state index is 11.4. The van der Waals surface area contributed by atoms with Crippen molar-refractivity contribution < 1.29 is 13.5 Å². The first kappa shape index (κ1) is 15.8. The van der Waals surface area contributed by atoms with Crippen molar-refractivity contribution in [1.29, 1.82) is 0 Å². The molecule has 122 valence electrons. The second-order valence-electron chi connectivity index (χ2n) is 5.55. The van der Waals surface area contributed by atoms with Gasteiger partial charge in [-0.3, -0.25) is 13.9 Å². The number of hydrogen-bond acceptors (Lipinski definition) is 6. The Morgan fingerprint density at radius 2 is 2.17 bits per heavy atom. The van der Waals surface area contributed by atoms with Gasteiger partial charge in [0, 0.05) is 28.5 Å². The number of nitrogens with zero attached hydrogens (tertiary/aromatic N) is 3. The number of rotatable bonds is 5. The molecule has 23 heavy (non-hydrogen) atoms. The normalized spacial score (nSPS) is 19.8. The molecule has 0 unspecified atom stereocenters. The molecule has 1 amide bonds. The zero-order chi connectivity index (χ0) is 16.4. The SMILES string of the molecule is C[S@@](=O)c1ccc(CN2CCC[C@H]2c2nc(C(N)=O)no2)cc1. The highest BCUT2D eigenvalue weighted by Crippen LogP contribution is 2.32.